The van der Waals surface area contributed by atoms with E-state index in [9.17, 15) is 14.7 Å². The van der Waals surface area contributed by atoms with Crippen LogP contribution in [0, 0.1) is 16.2 Å². The lowest BCUT2D eigenvalue weighted by Crippen LogP contribution is -2.69. The smallest absolute Gasteiger partial charge is 0.244 e. The Morgan fingerprint density at radius 3 is 2.34 bits per heavy atom. The number of nitrogens with one attached hydrogen (secondary N) is 2. The Morgan fingerprint density at radius 2 is 1.72 bits per heavy atom. The molecule has 7 heteroatoms. The second kappa shape index (κ2) is 7.80. The second-order valence-electron chi connectivity index (χ2n) is 11.1. The van der Waals surface area contributed by atoms with Crippen LogP contribution in [0.4, 0.5) is 0 Å². The SMILES string of the molecule is COc1cc(/C=C/C(=O)NCCNC(=O)C23CC4(C)CC(C)(CC(N)(C4)C2)C3)ccc1O. The molecule has 0 heterocycles. The molecule has 0 saturated heterocycles. The average molecular weight is 442 g/mol. The van der Waals surface area contributed by atoms with Gasteiger partial charge in [0.15, 0.2) is 11.5 Å². The van der Waals surface area contributed by atoms with Crippen molar-refractivity contribution in [3.8, 4) is 11.5 Å². The summed E-state index contributed by atoms with van der Waals surface area (Å²) in [5, 5.41) is 15.5. The number of ether oxygens (including phenoxy) is 1. The summed E-state index contributed by atoms with van der Waals surface area (Å²) in [5.74, 6) is 0.237. The van der Waals surface area contributed by atoms with Crippen LogP contribution < -0.4 is 21.1 Å². The minimum atomic E-state index is -0.380. The van der Waals surface area contributed by atoms with Gasteiger partial charge in [0.1, 0.15) is 0 Å². The first kappa shape index (κ1) is 22.6. The molecule has 2 atom stereocenters. The van der Waals surface area contributed by atoms with E-state index in [1.165, 1.54) is 19.3 Å². The van der Waals surface area contributed by atoms with Crippen molar-refractivity contribution < 1.29 is 19.4 Å². The third-order valence-corrected chi connectivity index (χ3v) is 7.45. The summed E-state index contributed by atoms with van der Waals surface area (Å²) in [5.41, 5.74) is 7.17. The molecule has 0 spiro atoms. The van der Waals surface area contributed by atoms with Gasteiger partial charge in [-0.1, -0.05) is 19.9 Å². The van der Waals surface area contributed by atoms with Crippen LogP contribution in [-0.2, 0) is 9.59 Å². The molecule has 2 amide bonds. The largest absolute Gasteiger partial charge is 0.504 e. The number of carbonyl (C=O) groups is 2. The predicted molar refractivity (Wildman–Crippen MR) is 123 cm³/mol. The Labute approximate surface area is 189 Å². The van der Waals surface area contributed by atoms with Crippen LogP contribution in [0.5, 0.6) is 11.5 Å². The minimum absolute atomic E-state index is 0.0485. The molecule has 1 aromatic carbocycles. The first-order chi connectivity index (χ1) is 15.0. The van der Waals surface area contributed by atoms with Crippen molar-refractivity contribution in [2.75, 3.05) is 20.2 Å². The highest BCUT2D eigenvalue weighted by Crippen LogP contribution is 2.70. The molecule has 4 aliphatic carbocycles. The van der Waals surface area contributed by atoms with Crippen LogP contribution in [-0.4, -0.2) is 42.7 Å². The zero-order valence-corrected chi connectivity index (χ0v) is 19.3. The van der Waals surface area contributed by atoms with Gasteiger partial charge >= 0.3 is 0 Å². The van der Waals surface area contributed by atoms with E-state index >= 15 is 0 Å². The third-order valence-electron chi connectivity index (χ3n) is 7.45. The molecule has 5 N–H and O–H groups in total. The first-order valence-corrected chi connectivity index (χ1v) is 11.4. The van der Waals surface area contributed by atoms with Crippen molar-refractivity contribution in [2.24, 2.45) is 22.0 Å². The lowest BCUT2D eigenvalue weighted by molar-refractivity contribution is -0.175. The summed E-state index contributed by atoms with van der Waals surface area (Å²) in [4.78, 5) is 25.4. The van der Waals surface area contributed by atoms with Gasteiger partial charge < -0.3 is 26.2 Å². The zero-order valence-electron chi connectivity index (χ0n) is 19.3. The third kappa shape index (κ3) is 4.35. The first-order valence-electron chi connectivity index (χ1n) is 11.4. The van der Waals surface area contributed by atoms with Gasteiger partial charge in [0, 0.05) is 24.7 Å². The minimum Gasteiger partial charge on any atom is -0.504 e. The quantitative estimate of drug-likeness (QED) is 0.384. The summed E-state index contributed by atoms with van der Waals surface area (Å²) in [6.07, 6.45) is 8.84. The molecule has 4 bridgehead atoms. The monoisotopic (exact) mass is 441 g/mol. The van der Waals surface area contributed by atoms with Gasteiger partial charge in [0.2, 0.25) is 11.8 Å². The number of rotatable bonds is 7. The summed E-state index contributed by atoms with van der Waals surface area (Å²) < 4.78 is 5.07. The van der Waals surface area contributed by atoms with Crippen LogP contribution >= 0.6 is 0 Å². The number of hydrogen-bond acceptors (Lipinski definition) is 5. The van der Waals surface area contributed by atoms with Crippen molar-refractivity contribution in [2.45, 2.75) is 57.9 Å². The second-order valence-corrected chi connectivity index (χ2v) is 11.1. The molecule has 4 fully saturated rings. The maximum Gasteiger partial charge on any atom is 0.244 e. The van der Waals surface area contributed by atoms with Gasteiger partial charge in [-0.05, 0) is 73.1 Å². The van der Waals surface area contributed by atoms with Crippen molar-refractivity contribution in [3.63, 3.8) is 0 Å². The maximum absolute atomic E-state index is 13.2. The number of phenols is 1. The molecule has 32 heavy (non-hydrogen) atoms. The van der Waals surface area contributed by atoms with E-state index < -0.39 is 0 Å². The fourth-order valence-electron chi connectivity index (χ4n) is 7.61. The van der Waals surface area contributed by atoms with Crippen LogP contribution in [0.25, 0.3) is 6.08 Å². The fraction of sp³-hybridized carbons (Fsp3) is 0.600. The van der Waals surface area contributed by atoms with Crippen LogP contribution in [0.15, 0.2) is 24.3 Å². The molecular formula is C25H35N3O4. The lowest BCUT2D eigenvalue weighted by atomic mass is 9.38. The average Bonchev–Trinajstić information content (AvgIpc) is 2.66. The molecule has 7 nitrogen and oxygen atoms in total. The predicted octanol–water partition coefficient (Wildman–Crippen LogP) is 2.72. The van der Waals surface area contributed by atoms with E-state index in [0.29, 0.717) is 18.8 Å². The number of nitrogens with two attached hydrogens (primary N) is 1. The van der Waals surface area contributed by atoms with Gasteiger partial charge in [-0.2, -0.15) is 0 Å². The Hall–Kier alpha value is -2.54. The van der Waals surface area contributed by atoms with Crippen molar-refractivity contribution in [1.29, 1.82) is 0 Å². The summed E-state index contributed by atoms with van der Waals surface area (Å²) >= 11 is 0. The number of methoxy groups -OCH3 is 1. The highest BCUT2D eigenvalue weighted by molar-refractivity contribution is 5.91. The topological polar surface area (TPSA) is 114 Å². The number of phenolic OH excluding ortho intramolecular Hbond substituents is 1. The van der Waals surface area contributed by atoms with Gasteiger partial charge in [-0.3, -0.25) is 9.59 Å². The normalized spacial score (nSPS) is 35.1. The van der Waals surface area contributed by atoms with Gasteiger partial charge in [-0.15, -0.1) is 0 Å². The zero-order chi connectivity index (χ0) is 23.2. The molecule has 4 saturated carbocycles. The Balaban J connectivity index is 1.28. The van der Waals surface area contributed by atoms with Crippen LogP contribution in [0.1, 0.15) is 57.9 Å². The molecule has 5 rings (SSSR count). The number of carbonyl (C=O) groups excluding carboxylic acids is 2. The van der Waals surface area contributed by atoms with E-state index in [1.54, 1.807) is 18.2 Å². The molecule has 174 valence electrons. The molecule has 0 aromatic heterocycles. The fourth-order valence-corrected chi connectivity index (χ4v) is 7.61. The molecule has 1 aromatic rings. The Morgan fingerprint density at radius 1 is 1.06 bits per heavy atom. The van der Waals surface area contributed by atoms with Crippen LogP contribution in [0.2, 0.25) is 0 Å². The molecule has 0 radical (unpaired) electrons. The van der Waals surface area contributed by atoms with E-state index in [-0.39, 0.29) is 39.3 Å². The van der Waals surface area contributed by atoms with E-state index in [0.717, 1.165) is 44.1 Å². The number of aromatic hydroxyl groups is 1. The van der Waals surface area contributed by atoms with Gasteiger partial charge in [0.25, 0.3) is 0 Å². The number of hydrogen-bond donors (Lipinski definition) is 4. The summed E-state index contributed by atoms with van der Waals surface area (Å²) in [7, 11) is 1.47. The number of benzene rings is 1. The number of amides is 2. The Bertz CT molecular complexity index is 903. The highest BCUT2D eigenvalue weighted by atomic mass is 16.5. The summed E-state index contributed by atoms with van der Waals surface area (Å²) in [6.45, 7) is 5.33. The van der Waals surface area contributed by atoms with Crippen molar-refractivity contribution >= 4 is 17.9 Å². The van der Waals surface area contributed by atoms with E-state index in [1.807, 2.05) is 0 Å². The summed E-state index contributed by atoms with van der Waals surface area (Å²) in [6, 6.07) is 4.86. The maximum atomic E-state index is 13.2. The molecule has 0 aliphatic heterocycles. The molecular weight excluding hydrogens is 406 g/mol. The van der Waals surface area contributed by atoms with Crippen molar-refractivity contribution in [3.05, 3.63) is 29.8 Å². The van der Waals surface area contributed by atoms with E-state index in [4.69, 9.17) is 10.5 Å². The highest BCUT2D eigenvalue weighted by Gasteiger charge is 2.66. The van der Waals surface area contributed by atoms with Crippen molar-refractivity contribution in [1.82, 2.24) is 10.6 Å². The Kier molecular flexibility index (Phi) is 5.52. The molecule has 2 unspecified atom stereocenters. The van der Waals surface area contributed by atoms with Crippen LogP contribution in [0.3, 0.4) is 0 Å². The van der Waals surface area contributed by atoms with Gasteiger partial charge in [-0.25, -0.2) is 0 Å². The lowest BCUT2D eigenvalue weighted by Gasteiger charge is -2.68. The van der Waals surface area contributed by atoms with E-state index in [2.05, 4.69) is 24.5 Å². The van der Waals surface area contributed by atoms with Gasteiger partial charge in [0.05, 0.1) is 12.5 Å². The molecule has 4 aliphatic rings. The standard InChI is InChI=1S/C25H35N3O4/c1-22-11-23(2)13-24(12-22,16-25(26,14-22)15-23)21(31)28-9-8-27-20(30)7-5-17-4-6-18(29)19(10-17)32-3/h4-7,10,29H,8-9,11-16,26H2,1-3H3,(H,27,30)(H,28,31)/b7-5+.